The predicted molar refractivity (Wildman–Crippen MR) is 172 cm³/mol. The van der Waals surface area contributed by atoms with Gasteiger partial charge in [-0.2, -0.15) is 5.10 Å². The largest absolute Gasteiger partial charge is 0.493 e. The zero-order valence-corrected chi connectivity index (χ0v) is 25.9. The van der Waals surface area contributed by atoms with E-state index in [1.807, 2.05) is 49.8 Å². The highest BCUT2D eigenvalue weighted by molar-refractivity contribution is 6.05. The number of esters is 1. The second kappa shape index (κ2) is 13.7. The Morgan fingerprint density at radius 2 is 1.80 bits per heavy atom. The summed E-state index contributed by atoms with van der Waals surface area (Å²) in [6, 6.07) is 20.7. The Bertz CT molecular complexity index is 1760. The topological polar surface area (TPSA) is 76.7 Å². The Hall–Kier alpha value is -4.14. The standard InChI is InChI=1S/C36H41N3O5/c1-4-41-23-30-33-29-17-11-16-27-28(18-12-22-44-32-19-10-14-25-13-6-7-15-26(25)32)35(36(40)43-5-2)39(34(27)29)20-8-9-21-42-24-31(33)38(3)37-30/h6-7,10-11,13-17,19H,4-5,8-9,12,18,20-24H2,1-3H3. The monoisotopic (exact) mass is 595 g/mol. The lowest BCUT2D eigenvalue weighted by Crippen LogP contribution is -2.15. The van der Waals surface area contributed by atoms with E-state index in [1.165, 1.54) is 0 Å². The van der Waals surface area contributed by atoms with Crippen molar-refractivity contribution < 1.29 is 23.7 Å². The molecule has 0 saturated heterocycles. The maximum absolute atomic E-state index is 13.7. The molecule has 0 N–H and O–H groups in total. The number of aromatic nitrogens is 3. The predicted octanol–water partition coefficient (Wildman–Crippen LogP) is 7.23. The van der Waals surface area contributed by atoms with E-state index in [0.29, 0.717) is 58.3 Å². The Kier molecular flexibility index (Phi) is 9.28. The summed E-state index contributed by atoms with van der Waals surface area (Å²) in [6.07, 6.45) is 3.20. The fourth-order valence-electron chi connectivity index (χ4n) is 6.38. The maximum Gasteiger partial charge on any atom is 0.355 e. The van der Waals surface area contributed by atoms with Crippen molar-refractivity contribution in [3.05, 3.63) is 83.3 Å². The summed E-state index contributed by atoms with van der Waals surface area (Å²) in [5, 5.41) is 8.18. The number of benzene rings is 3. The van der Waals surface area contributed by atoms with E-state index in [1.54, 1.807) is 0 Å². The number of para-hydroxylation sites is 1. The average Bonchev–Trinajstić information content (AvgIpc) is 3.52. The van der Waals surface area contributed by atoms with Crippen molar-refractivity contribution in [3.8, 4) is 16.9 Å². The summed E-state index contributed by atoms with van der Waals surface area (Å²) < 4.78 is 28.0. The van der Waals surface area contributed by atoms with E-state index in [0.717, 1.165) is 74.8 Å². The molecular weight excluding hydrogens is 554 g/mol. The van der Waals surface area contributed by atoms with Crippen molar-refractivity contribution in [1.29, 1.82) is 0 Å². The molecule has 8 nitrogen and oxygen atoms in total. The number of carbonyl (C=O) groups is 1. The Balaban J connectivity index is 1.43. The Labute approximate surface area is 258 Å². The lowest BCUT2D eigenvalue weighted by molar-refractivity contribution is 0.0512. The lowest BCUT2D eigenvalue weighted by Gasteiger charge is -2.14. The van der Waals surface area contributed by atoms with Crippen LogP contribution < -0.4 is 4.74 Å². The van der Waals surface area contributed by atoms with Gasteiger partial charge in [0.15, 0.2) is 0 Å². The highest BCUT2D eigenvalue weighted by Crippen LogP contribution is 2.39. The van der Waals surface area contributed by atoms with Crippen molar-refractivity contribution in [3.63, 3.8) is 0 Å². The van der Waals surface area contributed by atoms with E-state index < -0.39 is 0 Å². The SMILES string of the molecule is CCOCc1nn(C)c2c1-c1cccc3c(CCCOc4cccc5ccccc45)c(C(=O)OCC)n(c13)CCCCOC2. The molecule has 0 atom stereocenters. The van der Waals surface area contributed by atoms with Gasteiger partial charge in [0.1, 0.15) is 11.4 Å². The number of aryl methyl sites for hydroxylation is 3. The van der Waals surface area contributed by atoms with Crippen LogP contribution in [0, 0.1) is 0 Å². The molecule has 44 heavy (non-hydrogen) atoms. The minimum Gasteiger partial charge on any atom is -0.493 e. The normalized spacial score (nSPS) is 13.5. The van der Waals surface area contributed by atoms with Gasteiger partial charge in [0.2, 0.25) is 0 Å². The molecule has 0 bridgehead atoms. The fourth-order valence-corrected chi connectivity index (χ4v) is 6.38. The summed E-state index contributed by atoms with van der Waals surface area (Å²) >= 11 is 0. The maximum atomic E-state index is 13.7. The molecule has 0 saturated carbocycles. The summed E-state index contributed by atoms with van der Waals surface area (Å²) in [5.74, 6) is 0.590. The van der Waals surface area contributed by atoms with Crippen molar-refractivity contribution in [2.75, 3.05) is 26.4 Å². The second-order valence-electron chi connectivity index (χ2n) is 11.1. The minimum absolute atomic E-state index is 0.285. The molecule has 0 radical (unpaired) electrons. The van der Waals surface area contributed by atoms with E-state index >= 15 is 0 Å². The van der Waals surface area contributed by atoms with Crippen molar-refractivity contribution in [2.45, 2.75) is 59.3 Å². The minimum atomic E-state index is -0.285. The van der Waals surface area contributed by atoms with E-state index in [-0.39, 0.29) is 5.97 Å². The van der Waals surface area contributed by atoms with E-state index in [2.05, 4.69) is 41.0 Å². The van der Waals surface area contributed by atoms with Crippen molar-refractivity contribution in [1.82, 2.24) is 14.3 Å². The third-order valence-electron chi connectivity index (χ3n) is 8.34. The zero-order chi connectivity index (χ0) is 30.5. The number of rotatable bonds is 10. The van der Waals surface area contributed by atoms with Crippen LogP contribution >= 0.6 is 0 Å². The van der Waals surface area contributed by atoms with Gasteiger partial charge in [-0.25, -0.2) is 4.79 Å². The molecule has 5 aromatic rings. The van der Waals surface area contributed by atoms with Gasteiger partial charge in [-0.05, 0) is 56.5 Å². The van der Waals surface area contributed by atoms with Gasteiger partial charge in [0.05, 0.1) is 43.3 Å². The average molecular weight is 596 g/mol. The molecule has 0 spiro atoms. The van der Waals surface area contributed by atoms with Gasteiger partial charge < -0.3 is 23.5 Å². The third-order valence-corrected chi connectivity index (χ3v) is 8.34. The molecule has 8 heteroatoms. The van der Waals surface area contributed by atoms with Crippen LogP contribution in [-0.2, 0) is 47.4 Å². The quantitative estimate of drug-likeness (QED) is 0.125. The fraction of sp³-hybridized carbons (Fsp3) is 0.389. The van der Waals surface area contributed by atoms with Gasteiger partial charge >= 0.3 is 5.97 Å². The van der Waals surface area contributed by atoms with Crippen LogP contribution in [0.15, 0.2) is 60.7 Å². The molecule has 0 fully saturated rings. The van der Waals surface area contributed by atoms with Crippen LogP contribution in [0.1, 0.15) is 60.5 Å². The van der Waals surface area contributed by atoms with Crippen LogP contribution in [0.5, 0.6) is 5.75 Å². The first-order valence-electron chi connectivity index (χ1n) is 15.7. The molecule has 6 rings (SSSR count). The smallest absolute Gasteiger partial charge is 0.355 e. The second-order valence-corrected chi connectivity index (χ2v) is 11.1. The number of nitrogens with zero attached hydrogens (tertiary/aromatic N) is 3. The van der Waals surface area contributed by atoms with Crippen LogP contribution in [0.4, 0.5) is 0 Å². The van der Waals surface area contributed by atoms with Gasteiger partial charge in [-0.15, -0.1) is 0 Å². The van der Waals surface area contributed by atoms with Crippen LogP contribution in [0.25, 0.3) is 32.8 Å². The molecule has 1 aliphatic rings. The number of hydrogen-bond donors (Lipinski definition) is 0. The molecule has 3 heterocycles. The summed E-state index contributed by atoms with van der Waals surface area (Å²) in [6.45, 7) is 7.48. The molecule has 1 aliphatic heterocycles. The first-order chi connectivity index (χ1) is 21.6. The third kappa shape index (κ3) is 5.84. The Morgan fingerprint density at radius 1 is 0.977 bits per heavy atom. The number of ether oxygens (including phenoxy) is 4. The number of hydrogen-bond acceptors (Lipinski definition) is 6. The van der Waals surface area contributed by atoms with Gasteiger partial charge in [-0.1, -0.05) is 54.6 Å². The first kappa shape index (κ1) is 29.9. The first-order valence-corrected chi connectivity index (χ1v) is 15.7. The number of carbonyl (C=O) groups excluding carboxylic acids is 1. The highest BCUT2D eigenvalue weighted by Gasteiger charge is 2.28. The van der Waals surface area contributed by atoms with Crippen molar-refractivity contribution in [2.24, 2.45) is 7.05 Å². The van der Waals surface area contributed by atoms with Crippen LogP contribution in [0.3, 0.4) is 0 Å². The number of fused-ring (bicyclic) bond motifs is 3. The van der Waals surface area contributed by atoms with Crippen LogP contribution in [0.2, 0.25) is 0 Å². The van der Waals surface area contributed by atoms with Gasteiger partial charge in [-0.3, -0.25) is 4.68 Å². The molecular formula is C36H41N3O5. The Morgan fingerprint density at radius 3 is 2.66 bits per heavy atom. The molecule has 0 amide bonds. The zero-order valence-electron chi connectivity index (χ0n) is 25.9. The highest BCUT2D eigenvalue weighted by atomic mass is 16.5. The molecule has 2 aromatic heterocycles. The molecule has 0 aliphatic carbocycles. The molecule has 3 aromatic carbocycles. The van der Waals surface area contributed by atoms with Gasteiger partial charge in [0, 0.05) is 48.7 Å². The summed E-state index contributed by atoms with van der Waals surface area (Å²) in [7, 11) is 1.96. The summed E-state index contributed by atoms with van der Waals surface area (Å²) in [4.78, 5) is 13.7. The van der Waals surface area contributed by atoms with Crippen molar-refractivity contribution >= 4 is 27.6 Å². The molecule has 230 valence electrons. The van der Waals surface area contributed by atoms with E-state index in [4.69, 9.17) is 24.0 Å². The summed E-state index contributed by atoms with van der Waals surface area (Å²) in [5.41, 5.74) is 6.61. The van der Waals surface area contributed by atoms with Crippen LogP contribution in [-0.4, -0.2) is 46.7 Å². The van der Waals surface area contributed by atoms with Gasteiger partial charge in [0.25, 0.3) is 0 Å². The lowest BCUT2D eigenvalue weighted by atomic mass is 9.98. The molecule has 0 unspecified atom stereocenters. The van der Waals surface area contributed by atoms with E-state index in [9.17, 15) is 4.79 Å².